The summed E-state index contributed by atoms with van der Waals surface area (Å²) in [6, 6.07) is 14.5. The van der Waals surface area contributed by atoms with Crippen LogP contribution in [0.15, 0.2) is 59.5 Å². The van der Waals surface area contributed by atoms with Crippen LogP contribution in [0.3, 0.4) is 0 Å². The Labute approximate surface area is 197 Å². The van der Waals surface area contributed by atoms with Gasteiger partial charge in [0.05, 0.1) is 4.90 Å². The number of amides is 1. The lowest BCUT2D eigenvalue weighted by molar-refractivity contribution is -0.186. The summed E-state index contributed by atoms with van der Waals surface area (Å²) >= 11 is 0. The van der Waals surface area contributed by atoms with Crippen LogP contribution in [0.1, 0.15) is 16.7 Å². The van der Waals surface area contributed by atoms with Crippen LogP contribution >= 0.6 is 0 Å². The second kappa shape index (κ2) is 9.89. The molecule has 2 aliphatic heterocycles. The highest BCUT2D eigenvalue weighted by molar-refractivity contribution is 7.89. The van der Waals surface area contributed by atoms with Gasteiger partial charge in [-0.2, -0.15) is 17.5 Å². The molecule has 2 aromatic rings. The van der Waals surface area contributed by atoms with Crippen LogP contribution in [0.25, 0.3) is 6.08 Å². The van der Waals surface area contributed by atoms with E-state index in [1.807, 2.05) is 36.4 Å². The quantitative estimate of drug-likeness (QED) is 0.642. The SMILES string of the molecule is O=C(N1CCc2ccc(S(=O)(=O)N3CCN(CC=Cc4ccccc4)CC3)cc2C1)C(F)(F)F. The van der Waals surface area contributed by atoms with Gasteiger partial charge in [-0.3, -0.25) is 9.69 Å². The Kier molecular flexibility index (Phi) is 7.11. The number of sulfonamides is 1. The Hall–Kier alpha value is -2.69. The lowest BCUT2D eigenvalue weighted by atomic mass is 10.00. The minimum Gasteiger partial charge on any atom is -0.330 e. The molecule has 0 atom stereocenters. The first-order valence-electron chi connectivity index (χ1n) is 11.1. The van der Waals surface area contributed by atoms with Gasteiger partial charge < -0.3 is 4.90 Å². The number of carbonyl (C=O) groups is 1. The standard InChI is InChI=1S/C24H26F3N3O3S/c25-24(26,27)23(31)29-12-10-20-8-9-22(17-21(20)18-29)34(32,33)30-15-13-28(14-16-30)11-4-7-19-5-2-1-3-6-19/h1-9,17H,10-16,18H2. The second-order valence-electron chi connectivity index (χ2n) is 8.42. The minimum atomic E-state index is -4.95. The van der Waals surface area contributed by atoms with Crippen LogP contribution in [0, 0.1) is 0 Å². The number of rotatable bonds is 5. The summed E-state index contributed by atoms with van der Waals surface area (Å²) < 4.78 is 66.2. The van der Waals surface area contributed by atoms with Crippen molar-refractivity contribution in [2.24, 2.45) is 0 Å². The number of fused-ring (bicyclic) bond motifs is 1. The highest BCUT2D eigenvalue weighted by atomic mass is 32.2. The fourth-order valence-electron chi connectivity index (χ4n) is 4.25. The molecule has 0 N–H and O–H groups in total. The summed E-state index contributed by atoms with van der Waals surface area (Å²) in [6.07, 6.45) is -0.607. The van der Waals surface area contributed by atoms with Gasteiger partial charge in [-0.15, -0.1) is 0 Å². The maximum absolute atomic E-state index is 13.2. The monoisotopic (exact) mass is 493 g/mol. The zero-order valence-corrected chi connectivity index (χ0v) is 19.4. The predicted molar refractivity (Wildman–Crippen MR) is 122 cm³/mol. The maximum Gasteiger partial charge on any atom is 0.471 e. The Bertz CT molecular complexity index is 1160. The molecule has 34 heavy (non-hydrogen) atoms. The van der Waals surface area contributed by atoms with Crippen LogP contribution in [0.2, 0.25) is 0 Å². The topological polar surface area (TPSA) is 60.9 Å². The number of piperazine rings is 1. The van der Waals surface area contributed by atoms with Crippen molar-refractivity contribution in [1.29, 1.82) is 0 Å². The lowest BCUT2D eigenvalue weighted by Gasteiger charge is -2.34. The van der Waals surface area contributed by atoms with E-state index in [1.54, 1.807) is 6.07 Å². The number of halogens is 3. The zero-order valence-electron chi connectivity index (χ0n) is 18.5. The molecule has 2 aromatic carbocycles. The van der Waals surface area contributed by atoms with Gasteiger partial charge in [0.25, 0.3) is 0 Å². The molecule has 0 aliphatic carbocycles. The Morgan fingerprint density at radius 3 is 2.32 bits per heavy atom. The molecule has 1 amide bonds. The van der Waals surface area contributed by atoms with Gasteiger partial charge in [0.1, 0.15) is 0 Å². The van der Waals surface area contributed by atoms with Gasteiger partial charge in [0.2, 0.25) is 10.0 Å². The summed E-state index contributed by atoms with van der Waals surface area (Å²) in [7, 11) is -3.79. The van der Waals surface area contributed by atoms with E-state index in [4.69, 9.17) is 0 Å². The summed E-state index contributed by atoms with van der Waals surface area (Å²) in [5.41, 5.74) is 2.31. The normalized spacial score (nSPS) is 18.3. The predicted octanol–water partition coefficient (Wildman–Crippen LogP) is 3.15. The fourth-order valence-corrected chi connectivity index (χ4v) is 5.72. The average Bonchev–Trinajstić information content (AvgIpc) is 2.83. The van der Waals surface area contributed by atoms with Gasteiger partial charge >= 0.3 is 12.1 Å². The third-order valence-corrected chi connectivity index (χ3v) is 8.06. The summed E-state index contributed by atoms with van der Waals surface area (Å²) in [6.45, 7) is 2.24. The second-order valence-corrected chi connectivity index (χ2v) is 10.4. The smallest absolute Gasteiger partial charge is 0.330 e. The Balaban J connectivity index is 1.38. The van der Waals surface area contributed by atoms with Crippen LogP contribution in [0.4, 0.5) is 13.2 Å². The fraction of sp³-hybridized carbons (Fsp3) is 0.375. The first-order chi connectivity index (χ1) is 16.1. The van der Waals surface area contributed by atoms with Gasteiger partial charge in [-0.05, 0) is 35.2 Å². The Morgan fingerprint density at radius 1 is 0.941 bits per heavy atom. The van der Waals surface area contributed by atoms with Crippen LogP contribution in [0.5, 0.6) is 0 Å². The van der Waals surface area contributed by atoms with Crippen LogP contribution in [-0.2, 0) is 27.8 Å². The average molecular weight is 494 g/mol. The van der Waals surface area contributed by atoms with Crippen molar-refractivity contribution in [2.75, 3.05) is 39.3 Å². The van der Waals surface area contributed by atoms with Crippen molar-refractivity contribution in [2.45, 2.75) is 24.0 Å². The molecule has 2 heterocycles. The van der Waals surface area contributed by atoms with E-state index in [0.717, 1.165) is 16.0 Å². The molecule has 6 nitrogen and oxygen atoms in total. The lowest BCUT2D eigenvalue weighted by Crippen LogP contribution is -2.48. The molecule has 0 aromatic heterocycles. The van der Waals surface area contributed by atoms with Gasteiger partial charge in [0.15, 0.2) is 0 Å². The van der Waals surface area contributed by atoms with E-state index >= 15 is 0 Å². The largest absolute Gasteiger partial charge is 0.471 e. The molecule has 0 radical (unpaired) electrons. The van der Waals surface area contributed by atoms with E-state index in [1.165, 1.54) is 16.4 Å². The van der Waals surface area contributed by atoms with Crippen LogP contribution < -0.4 is 0 Å². The van der Waals surface area contributed by atoms with Gasteiger partial charge in [0, 0.05) is 45.8 Å². The molecule has 0 unspecified atom stereocenters. The number of benzene rings is 2. The minimum absolute atomic E-state index is 0.0435. The van der Waals surface area contributed by atoms with Crippen molar-refractivity contribution in [3.63, 3.8) is 0 Å². The molecule has 0 bridgehead atoms. The molecule has 182 valence electrons. The summed E-state index contributed by atoms with van der Waals surface area (Å²) in [5.74, 6) is -1.90. The van der Waals surface area contributed by atoms with Crippen molar-refractivity contribution >= 4 is 22.0 Å². The first kappa shape index (κ1) is 24.4. The van der Waals surface area contributed by atoms with E-state index in [-0.39, 0.29) is 24.4 Å². The number of carbonyl (C=O) groups excluding carboxylic acids is 1. The van der Waals surface area contributed by atoms with E-state index in [0.29, 0.717) is 38.3 Å². The van der Waals surface area contributed by atoms with Crippen molar-refractivity contribution in [3.05, 3.63) is 71.3 Å². The highest BCUT2D eigenvalue weighted by Gasteiger charge is 2.43. The molecule has 0 saturated carbocycles. The number of hydrogen-bond donors (Lipinski definition) is 0. The molecule has 10 heteroatoms. The zero-order chi connectivity index (χ0) is 24.3. The number of alkyl halides is 3. The third-order valence-electron chi connectivity index (χ3n) is 6.16. The van der Waals surface area contributed by atoms with Crippen molar-refractivity contribution < 1.29 is 26.4 Å². The van der Waals surface area contributed by atoms with Crippen molar-refractivity contribution in [1.82, 2.24) is 14.1 Å². The highest BCUT2D eigenvalue weighted by Crippen LogP contribution is 2.28. The number of nitrogens with zero attached hydrogens (tertiary/aromatic N) is 3. The van der Waals surface area contributed by atoms with Crippen LogP contribution in [-0.4, -0.2) is 73.9 Å². The molecule has 1 fully saturated rings. The molecule has 4 rings (SSSR count). The molecule has 2 aliphatic rings. The number of hydrogen-bond acceptors (Lipinski definition) is 4. The van der Waals surface area contributed by atoms with Gasteiger partial charge in [-0.1, -0.05) is 48.6 Å². The third kappa shape index (κ3) is 5.51. The first-order valence-corrected chi connectivity index (χ1v) is 12.5. The molecule has 1 saturated heterocycles. The molecular weight excluding hydrogens is 467 g/mol. The maximum atomic E-state index is 13.2. The molecular formula is C24H26F3N3O3S. The van der Waals surface area contributed by atoms with Gasteiger partial charge in [-0.25, -0.2) is 8.42 Å². The van der Waals surface area contributed by atoms with E-state index < -0.39 is 22.1 Å². The van der Waals surface area contributed by atoms with E-state index in [2.05, 4.69) is 11.0 Å². The van der Waals surface area contributed by atoms with Crippen molar-refractivity contribution in [3.8, 4) is 0 Å². The summed E-state index contributed by atoms with van der Waals surface area (Å²) in [5, 5.41) is 0. The Morgan fingerprint density at radius 2 is 1.65 bits per heavy atom. The summed E-state index contributed by atoms with van der Waals surface area (Å²) in [4.78, 5) is 14.5. The molecule has 0 spiro atoms. The van der Waals surface area contributed by atoms with E-state index in [9.17, 15) is 26.4 Å².